The van der Waals surface area contributed by atoms with E-state index in [2.05, 4.69) is 16.7 Å². The molecule has 0 aromatic heterocycles. The molecular weight excluding hydrogens is 226 g/mol. The molecule has 1 atom stereocenters. The predicted molar refractivity (Wildman–Crippen MR) is 68.6 cm³/mol. The van der Waals surface area contributed by atoms with Gasteiger partial charge in [-0.2, -0.15) is 5.26 Å². The van der Waals surface area contributed by atoms with Gasteiger partial charge < -0.3 is 10.6 Å². The Morgan fingerprint density at radius 1 is 1.50 bits per heavy atom. The van der Waals surface area contributed by atoms with Gasteiger partial charge in [0.1, 0.15) is 0 Å². The zero-order valence-corrected chi connectivity index (χ0v) is 10.3. The van der Waals surface area contributed by atoms with Crippen LogP contribution < -0.4 is 10.6 Å². The summed E-state index contributed by atoms with van der Waals surface area (Å²) in [6.07, 6.45) is 3.16. The Labute approximate surface area is 107 Å². The number of carbonyl (C=O) groups is 1. The molecule has 2 rings (SSSR count). The molecule has 4 nitrogen and oxygen atoms in total. The van der Waals surface area contributed by atoms with Gasteiger partial charge in [0.05, 0.1) is 17.7 Å². The Morgan fingerprint density at radius 3 is 3.11 bits per heavy atom. The highest BCUT2D eigenvalue weighted by Gasteiger charge is 2.19. The van der Waals surface area contributed by atoms with Crippen LogP contribution >= 0.6 is 0 Å². The normalized spacial score (nSPS) is 18.9. The standard InChI is InChI=1S/C14H17N3O/c15-9-11-4-3-5-12(8-11)10-17-14(18)13-6-1-2-7-16-13/h3-5,8,13,16H,1-2,6-7,10H2,(H,17,18)/t13-/m0/s1. The van der Waals surface area contributed by atoms with E-state index in [1.165, 1.54) is 0 Å². The fourth-order valence-corrected chi connectivity index (χ4v) is 2.14. The van der Waals surface area contributed by atoms with Gasteiger partial charge in [-0.05, 0) is 37.1 Å². The third-order valence-corrected chi connectivity index (χ3v) is 3.15. The maximum absolute atomic E-state index is 11.9. The molecule has 1 heterocycles. The Morgan fingerprint density at radius 2 is 2.39 bits per heavy atom. The SMILES string of the molecule is N#Cc1cccc(CNC(=O)[C@@H]2CCCCN2)c1. The number of carbonyl (C=O) groups excluding carboxylic acids is 1. The van der Waals surface area contributed by atoms with Crippen LogP contribution in [0.1, 0.15) is 30.4 Å². The molecular formula is C14H17N3O. The summed E-state index contributed by atoms with van der Waals surface area (Å²) >= 11 is 0. The van der Waals surface area contributed by atoms with Gasteiger partial charge in [0.25, 0.3) is 0 Å². The Hall–Kier alpha value is -1.86. The Kier molecular flexibility index (Phi) is 4.32. The number of hydrogen-bond acceptors (Lipinski definition) is 3. The van der Waals surface area contributed by atoms with Crippen LogP contribution in [0.25, 0.3) is 0 Å². The molecule has 1 aliphatic rings. The van der Waals surface area contributed by atoms with E-state index in [1.54, 1.807) is 12.1 Å². The number of piperidine rings is 1. The van der Waals surface area contributed by atoms with Crippen molar-refractivity contribution >= 4 is 5.91 Å². The van der Waals surface area contributed by atoms with Crippen molar-refractivity contribution in [3.63, 3.8) is 0 Å². The monoisotopic (exact) mass is 243 g/mol. The summed E-state index contributed by atoms with van der Waals surface area (Å²) in [5.74, 6) is 0.0528. The molecule has 0 aliphatic carbocycles. The largest absolute Gasteiger partial charge is 0.351 e. The molecule has 0 saturated carbocycles. The summed E-state index contributed by atoms with van der Waals surface area (Å²) in [5.41, 5.74) is 1.58. The minimum atomic E-state index is -0.0575. The van der Waals surface area contributed by atoms with Crippen molar-refractivity contribution in [3.05, 3.63) is 35.4 Å². The number of nitriles is 1. The lowest BCUT2D eigenvalue weighted by Crippen LogP contribution is -2.46. The lowest BCUT2D eigenvalue weighted by molar-refractivity contribution is -0.123. The third-order valence-electron chi connectivity index (χ3n) is 3.15. The van der Waals surface area contributed by atoms with Crippen molar-refractivity contribution < 1.29 is 4.79 Å². The van der Waals surface area contributed by atoms with E-state index in [4.69, 9.17) is 5.26 Å². The molecule has 1 aliphatic heterocycles. The average Bonchev–Trinajstić information content (AvgIpc) is 2.46. The van der Waals surface area contributed by atoms with E-state index in [0.29, 0.717) is 12.1 Å². The van der Waals surface area contributed by atoms with Crippen LogP contribution in [0.4, 0.5) is 0 Å². The number of amides is 1. The summed E-state index contributed by atoms with van der Waals surface area (Å²) in [7, 11) is 0. The third kappa shape index (κ3) is 3.31. The maximum atomic E-state index is 11.9. The lowest BCUT2D eigenvalue weighted by atomic mass is 10.0. The van der Waals surface area contributed by atoms with Crippen molar-refractivity contribution in [2.75, 3.05) is 6.54 Å². The molecule has 1 saturated heterocycles. The van der Waals surface area contributed by atoms with Gasteiger partial charge in [0, 0.05) is 6.54 Å². The van der Waals surface area contributed by atoms with Crippen LogP contribution in [-0.2, 0) is 11.3 Å². The van der Waals surface area contributed by atoms with E-state index in [0.717, 1.165) is 31.4 Å². The molecule has 94 valence electrons. The van der Waals surface area contributed by atoms with E-state index in [1.807, 2.05) is 12.1 Å². The van der Waals surface area contributed by atoms with Crippen molar-refractivity contribution in [1.82, 2.24) is 10.6 Å². The second-order valence-corrected chi connectivity index (χ2v) is 4.53. The summed E-state index contributed by atoms with van der Waals surface area (Å²) in [6.45, 7) is 1.40. The summed E-state index contributed by atoms with van der Waals surface area (Å²) in [5, 5.41) is 14.9. The zero-order chi connectivity index (χ0) is 12.8. The first-order valence-electron chi connectivity index (χ1n) is 6.30. The van der Waals surface area contributed by atoms with E-state index < -0.39 is 0 Å². The summed E-state index contributed by atoms with van der Waals surface area (Å²) < 4.78 is 0. The van der Waals surface area contributed by atoms with Gasteiger partial charge in [-0.1, -0.05) is 18.6 Å². The van der Waals surface area contributed by atoms with Gasteiger partial charge in [-0.15, -0.1) is 0 Å². The van der Waals surface area contributed by atoms with Crippen LogP contribution in [0.15, 0.2) is 24.3 Å². The van der Waals surface area contributed by atoms with E-state index in [9.17, 15) is 4.79 Å². The molecule has 0 radical (unpaired) electrons. The molecule has 4 heteroatoms. The smallest absolute Gasteiger partial charge is 0.237 e. The fourth-order valence-electron chi connectivity index (χ4n) is 2.14. The molecule has 1 aromatic rings. The summed E-state index contributed by atoms with van der Waals surface area (Å²) in [6, 6.07) is 9.34. The van der Waals surface area contributed by atoms with Crippen molar-refractivity contribution in [2.24, 2.45) is 0 Å². The van der Waals surface area contributed by atoms with Crippen LogP contribution in [0, 0.1) is 11.3 Å². The number of nitrogens with zero attached hydrogens (tertiary/aromatic N) is 1. The molecule has 0 unspecified atom stereocenters. The number of benzene rings is 1. The molecule has 0 spiro atoms. The van der Waals surface area contributed by atoms with Gasteiger partial charge in [-0.3, -0.25) is 4.79 Å². The van der Waals surface area contributed by atoms with Gasteiger partial charge >= 0.3 is 0 Å². The minimum absolute atomic E-state index is 0.0528. The molecule has 0 bridgehead atoms. The lowest BCUT2D eigenvalue weighted by Gasteiger charge is -2.22. The highest BCUT2D eigenvalue weighted by molar-refractivity contribution is 5.81. The van der Waals surface area contributed by atoms with Crippen LogP contribution in [0.2, 0.25) is 0 Å². The van der Waals surface area contributed by atoms with Crippen LogP contribution in [0.5, 0.6) is 0 Å². The molecule has 18 heavy (non-hydrogen) atoms. The second-order valence-electron chi connectivity index (χ2n) is 4.53. The number of nitrogens with one attached hydrogen (secondary N) is 2. The van der Waals surface area contributed by atoms with Crippen molar-refractivity contribution in [1.29, 1.82) is 5.26 Å². The quantitative estimate of drug-likeness (QED) is 0.841. The number of rotatable bonds is 3. The minimum Gasteiger partial charge on any atom is -0.351 e. The van der Waals surface area contributed by atoms with Crippen LogP contribution in [0.3, 0.4) is 0 Å². The highest BCUT2D eigenvalue weighted by atomic mass is 16.2. The Bertz CT molecular complexity index is 458. The molecule has 2 N–H and O–H groups in total. The van der Waals surface area contributed by atoms with E-state index >= 15 is 0 Å². The molecule has 1 fully saturated rings. The molecule has 1 aromatic carbocycles. The second kappa shape index (κ2) is 6.18. The number of hydrogen-bond donors (Lipinski definition) is 2. The summed E-state index contributed by atoms with van der Waals surface area (Å²) in [4.78, 5) is 11.9. The van der Waals surface area contributed by atoms with Crippen LogP contribution in [-0.4, -0.2) is 18.5 Å². The van der Waals surface area contributed by atoms with Gasteiger partial charge in [0.15, 0.2) is 0 Å². The first kappa shape index (κ1) is 12.6. The van der Waals surface area contributed by atoms with E-state index in [-0.39, 0.29) is 11.9 Å². The van der Waals surface area contributed by atoms with Crippen molar-refractivity contribution in [2.45, 2.75) is 31.8 Å². The van der Waals surface area contributed by atoms with Gasteiger partial charge in [-0.25, -0.2) is 0 Å². The van der Waals surface area contributed by atoms with Crippen molar-refractivity contribution in [3.8, 4) is 6.07 Å². The Balaban J connectivity index is 1.86. The first-order chi connectivity index (χ1) is 8.79. The van der Waals surface area contributed by atoms with Gasteiger partial charge in [0.2, 0.25) is 5.91 Å². The average molecular weight is 243 g/mol. The topological polar surface area (TPSA) is 64.9 Å². The molecule has 1 amide bonds. The predicted octanol–water partition coefficient (Wildman–Crippen LogP) is 1.32. The zero-order valence-electron chi connectivity index (χ0n) is 10.3. The highest BCUT2D eigenvalue weighted by Crippen LogP contribution is 2.08. The first-order valence-corrected chi connectivity index (χ1v) is 6.30. The fraction of sp³-hybridized carbons (Fsp3) is 0.429. The maximum Gasteiger partial charge on any atom is 0.237 e.